The first-order valence-corrected chi connectivity index (χ1v) is 10.9. The number of pyridine rings is 1. The van der Waals surface area contributed by atoms with E-state index >= 15 is 0 Å². The number of carbonyl (C=O) groups excluding carboxylic acids is 1. The maximum Gasteiger partial charge on any atom is 0.277 e. The van der Waals surface area contributed by atoms with E-state index in [2.05, 4.69) is 29.8 Å². The Balaban J connectivity index is 1.89. The van der Waals surface area contributed by atoms with Crippen LogP contribution in [0.5, 0.6) is 5.75 Å². The van der Waals surface area contributed by atoms with Crippen LogP contribution in [0, 0.1) is 5.92 Å². The van der Waals surface area contributed by atoms with E-state index in [9.17, 15) is 9.59 Å². The van der Waals surface area contributed by atoms with E-state index in [0.717, 1.165) is 28.4 Å². The smallest absolute Gasteiger partial charge is 0.277 e. The van der Waals surface area contributed by atoms with Crippen molar-refractivity contribution in [2.45, 2.75) is 50.0 Å². The van der Waals surface area contributed by atoms with Crippen molar-refractivity contribution in [1.82, 2.24) is 4.57 Å². The van der Waals surface area contributed by atoms with Gasteiger partial charge in [-0.15, -0.1) is 11.8 Å². The zero-order chi connectivity index (χ0) is 20.1. The first-order chi connectivity index (χ1) is 13.3. The molecule has 2 aromatic rings. The van der Waals surface area contributed by atoms with Crippen LogP contribution < -0.4 is 15.6 Å². The van der Waals surface area contributed by atoms with Crippen LogP contribution in [0.3, 0.4) is 0 Å². The normalized spacial score (nSPS) is 17.6. The number of nitrogens with one attached hydrogen (secondary N) is 1. The van der Waals surface area contributed by atoms with E-state index in [1.165, 1.54) is 29.4 Å². The number of aromatic nitrogens is 1. The van der Waals surface area contributed by atoms with Gasteiger partial charge in [0.15, 0.2) is 17.0 Å². The van der Waals surface area contributed by atoms with Gasteiger partial charge in [0.2, 0.25) is 0 Å². The molecule has 1 aromatic heterocycles. The average Bonchev–Trinajstić information content (AvgIpc) is 3.49. The number of ether oxygens (including phenoxy) is 1. The zero-order valence-electron chi connectivity index (χ0n) is 16.8. The maximum atomic E-state index is 12.6. The maximum absolute atomic E-state index is 12.6. The van der Waals surface area contributed by atoms with Crippen LogP contribution in [-0.4, -0.2) is 22.3 Å². The van der Waals surface area contributed by atoms with Gasteiger partial charge in [-0.1, -0.05) is 18.9 Å². The molecule has 1 aliphatic heterocycles. The molecule has 6 heteroatoms. The van der Waals surface area contributed by atoms with Crippen molar-refractivity contribution in [1.29, 1.82) is 0 Å². The third-order valence-corrected chi connectivity index (χ3v) is 6.32. The molecular formula is C22H26N2O3S. The highest BCUT2D eigenvalue weighted by molar-refractivity contribution is 7.98. The van der Waals surface area contributed by atoms with Crippen molar-refractivity contribution in [3.63, 3.8) is 0 Å². The third-order valence-electron chi connectivity index (χ3n) is 5.60. The summed E-state index contributed by atoms with van der Waals surface area (Å²) in [6.07, 6.45) is 8.73. The summed E-state index contributed by atoms with van der Waals surface area (Å²) < 4.78 is 7.61. The summed E-state index contributed by atoms with van der Waals surface area (Å²) in [5, 5.41) is 2.78. The molecule has 0 saturated heterocycles. The number of aryl methyl sites for hydroxylation is 2. The van der Waals surface area contributed by atoms with E-state index in [0.29, 0.717) is 5.75 Å². The Hall–Kier alpha value is -2.21. The minimum atomic E-state index is -1.03. The predicted octanol–water partition coefficient (Wildman–Crippen LogP) is 4.23. The highest BCUT2D eigenvalue weighted by Gasteiger charge is 2.38. The monoisotopic (exact) mass is 398 g/mol. The van der Waals surface area contributed by atoms with Crippen LogP contribution in [0.25, 0.3) is 11.1 Å². The fourth-order valence-electron chi connectivity index (χ4n) is 3.61. The number of thioether (sulfide) groups is 1. The summed E-state index contributed by atoms with van der Waals surface area (Å²) in [6.45, 7) is 3.44. The SMILES string of the molecule is CSc1ccc(CCC2CC2)c(-c2cn(C)c(=O)c3c2OC(C)(C)C(=O)N3)c1. The molecule has 2 aliphatic rings. The standard InChI is InChI=1S/C22H26N2O3S/c1-22(2)21(26)23-18-19(27-22)17(12-24(3)20(18)25)16-11-15(28-4)10-9-14(16)8-7-13-5-6-13/h9-13H,5-8H2,1-4H3,(H,23,26). The number of benzene rings is 1. The number of hydrogen-bond acceptors (Lipinski definition) is 4. The average molecular weight is 399 g/mol. The topological polar surface area (TPSA) is 60.3 Å². The molecule has 1 amide bonds. The van der Waals surface area contributed by atoms with Crippen LogP contribution >= 0.6 is 11.8 Å². The van der Waals surface area contributed by atoms with Crippen molar-refractivity contribution in [3.8, 4) is 16.9 Å². The molecule has 0 atom stereocenters. The summed E-state index contributed by atoms with van der Waals surface area (Å²) in [5.74, 6) is 1.01. The second-order valence-corrected chi connectivity index (χ2v) is 9.11. The fourth-order valence-corrected chi connectivity index (χ4v) is 4.05. The van der Waals surface area contributed by atoms with Crippen molar-refractivity contribution in [2.75, 3.05) is 11.6 Å². The summed E-state index contributed by atoms with van der Waals surface area (Å²) in [5.41, 5.74) is 2.12. The first kappa shape index (κ1) is 19.1. The molecule has 28 heavy (non-hydrogen) atoms. The molecule has 0 spiro atoms. The molecule has 4 rings (SSSR count). The summed E-state index contributed by atoms with van der Waals surface area (Å²) >= 11 is 1.69. The number of nitrogens with zero attached hydrogens (tertiary/aromatic N) is 1. The van der Waals surface area contributed by atoms with E-state index in [1.54, 1.807) is 32.7 Å². The van der Waals surface area contributed by atoms with Gasteiger partial charge < -0.3 is 14.6 Å². The Kier molecular flexibility index (Phi) is 4.78. The second kappa shape index (κ2) is 6.99. The van der Waals surface area contributed by atoms with Gasteiger partial charge >= 0.3 is 0 Å². The van der Waals surface area contributed by atoms with Crippen molar-refractivity contribution >= 4 is 23.4 Å². The number of amides is 1. The molecule has 2 heterocycles. The van der Waals surface area contributed by atoms with Gasteiger partial charge in [-0.2, -0.15) is 0 Å². The zero-order valence-corrected chi connectivity index (χ0v) is 17.6. The van der Waals surface area contributed by atoms with Crippen LogP contribution in [0.15, 0.2) is 34.1 Å². The van der Waals surface area contributed by atoms with Gasteiger partial charge in [-0.3, -0.25) is 9.59 Å². The van der Waals surface area contributed by atoms with Gasteiger partial charge in [-0.05, 0) is 62.1 Å². The number of carbonyl (C=O) groups is 1. The first-order valence-electron chi connectivity index (χ1n) is 9.71. The van der Waals surface area contributed by atoms with Gasteiger partial charge in [0.25, 0.3) is 11.5 Å². The molecule has 0 bridgehead atoms. The van der Waals surface area contributed by atoms with Gasteiger partial charge in [0.1, 0.15) is 0 Å². The van der Waals surface area contributed by atoms with Gasteiger partial charge in [0.05, 0.1) is 0 Å². The molecule has 0 radical (unpaired) electrons. The van der Waals surface area contributed by atoms with E-state index in [4.69, 9.17) is 4.74 Å². The molecule has 5 nitrogen and oxygen atoms in total. The predicted molar refractivity (Wildman–Crippen MR) is 113 cm³/mol. The van der Waals surface area contributed by atoms with E-state index < -0.39 is 5.60 Å². The lowest BCUT2D eigenvalue weighted by Crippen LogP contribution is -2.47. The summed E-state index contributed by atoms with van der Waals surface area (Å²) in [7, 11) is 1.71. The molecule has 1 N–H and O–H groups in total. The molecular weight excluding hydrogens is 372 g/mol. The second-order valence-electron chi connectivity index (χ2n) is 8.23. The molecule has 1 aromatic carbocycles. The fraction of sp³-hybridized carbons (Fsp3) is 0.455. The van der Waals surface area contributed by atoms with Gasteiger partial charge in [-0.25, -0.2) is 0 Å². The van der Waals surface area contributed by atoms with Crippen LogP contribution in [0.1, 0.15) is 38.7 Å². The van der Waals surface area contributed by atoms with Crippen molar-refractivity contribution in [3.05, 3.63) is 40.3 Å². The quantitative estimate of drug-likeness (QED) is 0.766. The van der Waals surface area contributed by atoms with Crippen molar-refractivity contribution in [2.24, 2.45) is 13.0 Å². The number of fused-ring (bicyclic) bond motifs is 1. The molecule has 1 fully saturated rings. The molecule has 0 unspecified atom stereocenters. The number of anilines is 1. The Bertz CT molecular complexity index is 1010. The highest BCUT2D eigenvalue weighted by Crippen LogP contribution is 2.43. The van der Waals surface area contributed by atoms with Gasteiger partial charge in [0, 0.05) is 23.7 Å². The summed E-state index contributed by atoms with van der Waals surface area (Å²) in [4.78, 5) is 26.2. The minimum absolute atomic E-state index is 0.229. The van der Waals surface area contributed by atoms with Crippen LogP contribution in [0.2, 0.25) is 0 Å². The number of rotatable bonds is 5. The molecule has 1 saturated carbocycles. The molecule has 148 valence electrons. The lowest BCUT2D eigenvalue weighted by atomic mass is 9.94. The van der Waals surface area contributed by atoms with E-state index in [1.807, 2.05) is 6.20 Å². The molecule has 1 aliphatic carbocycles. The Morgan fingerprint density at radius 3 is 2.68 bits per heavy atom. The Morgan fingerprint density at radius 2 is 2.00 bits per heavy atom. The van der Waals surface area contributed by atoms with Crippen LogP contribution in [0.4, 0.5) is 5.69 Å². The summed E-state index contributed by atoms with van der Waals surface area (Å²) in [6, 6.07) is 6.50. The Labute approximate surface area is 169 Å². The lowest BCUT2D eigenvalue weighted by molar-refractivity contribution is -0.129. The number of hydrogen-bond donors (Lipinski definition) is 1. The Morgan fingerprint density at radius 1 is 1.25 bits per heavy atom. The van der Waals surface area contributed by atoms with Crippen molar-refractivity contribution < 1.29 is 9.53 Å². The highest BCUT2D eigenvalue weighted by atomic mass is 32.2. The lowest BCUT2D eigenvalue weighted by Gasteiger charge is -2.33. The van der Waals surface area contributed by atoms with E-state index in [-0.39, 0.29) is 17.2 Å². The van der Waals surface area contributed by atoms with Crippen LogP contribution in [-0.2, 0) is 18.3 Å². The largest absolute Gasteiger partial charge is 0.475 e. The third kappa shape index (κ3) is 3.46. The minimum Gasteiger partial charge on any atom is -0.475 e.